The third kappa shape index (κ3) is 5.34. The first-order chi connectivity index (χ1) is 9.28. The van der Waals surface area contributed by atoms with Gasteiger partial charge >= 0.3 is 12.0 Å². The molecule has 0 aliphatic heterocycles. The fourth-order valence-electron chi connectivity index (χ4n) is 1.50. The molecule has 0 aliphatic rings. The van der Waals surface area contributed by atoms with Crippen LogP contribution >= 0.6 is 0 Å². The Hall–Kier alpha value is -1.34. The van der Waals surface area contributed by atoms with Gasteiger partial charge in [0.2, 0.25) is 0 Å². The summed E-state index contributed by atoms with van der Waals surface area (Å²) in [4.78, 5) is 26.4. The predicted molar refractivity (Wildman–Crippen MR) is 74.8 cm³/mol. The van der Waals surface area contributed by atoms with Crippen LogP contribution in [0.5, 0.6) is 0 Å². The van der Waals surface area contributed by atoms with E-state index in [4.69, 9.17) is 9.47 Å². The number of nitrogens with zero attached hydrogens (tertiary/aromatic N) is 2. The van der Waals surface area contributed by atoms with Gasteiger partial charge in [0.05, 0.1) is 6.61 Å². The summed E-state index contributed by atoms with van der Waals surface area (Å²) in [7, 11) is 4.65. The van der Waals surface area contributed by atoms with Crippen molar-refractivity contribution in [1.82, 2.24) is 9.80 Å². The summed E-state index contributed by atoms with van der Waals surface area (Å²) < 4.78 is 9.95. The Bertz CT molecular complexity index is 320. The predicted octanol–water partition coefficient (Wildman–Crippen LogP) is 0.886. The molecule has 0 saturated heterocycles. The summed E-state index contributed by atoms with van der Waals surface area (Å²) in [5.74, 6) is -1.04. The van der Waals surface area contributed by atoms with Crippen LogP contribution in [-0.2, 0) is 14.3 Å². The van der Waals surface area contributed by atoms with Crippen molar-refractivity contribution < 1.29 is 24.2 Å². The van der Waals surface area contributed by atoms with Crippen molar-refractivity contribution in [2.75, 3.05) is 47.6 Å². The molecule has 0 radical (unpaired) electrons. The Labute approximate surface area is 120 Å². The lowest BCUT2D eigenvalue weighted by atomic mass is 10.0. The summed E-state index contributed by atoms with van der Waals surface area (Å²) in [5, 5.41) is 9.18. The minimum Gasteiger partial charge on any atom is -0.480 e. The molecule has 0 aromatic carbocycles. The fourth-order valence-corrected chi connectivity index (χ4v) is 1.50. The van der Waals surface area contributed by atoms with E-state index in [2.05, 4.69) is 0 Å². The van der Waals surface area contributed by atoms with Crippen molar-refractivity contribution in [2.45, 2.75) is 25.8 Å². The maximum atomic E-state index is 12.4. The van der Waals surface area contributed by atoms with Crippen LogP contribution in [0.2, 0.25) is 0 Å². The lowest BCUT2D eigenvalue weighted by molar-refractivity contribution is -0.147. The van der Waals surface area contributed by atoms with Gasteiger partial charge in [-0.25, -0.2) is 9.59 Å². The maximum Gasteiger partial charge on any atom is 0.329 e. The summed E-state index contributed by atoms with van der Waals surface area (Å²) in [6.45, 7) is 4.85. The van der Waals surface area contributed by atoms with Crippen molar-refractivity contribution in [3.05, 3.63) is 0 Å². The summed E-state index contributed by atoms with van der Waals surface area (Å²) in [6, 6.07) is -0.328. The highest BCUT2D eigenvalue weighted by Gasteiger charge is 2.36. The normalized spacial score (nSPS) is 11.2. The number of likely N-dealkylation sites (N-methyl/N-ethyl adjacent to an activating group) is 1. The zero-order valence-electron chi connectivity index (χ0n) is 13.0. The Kier molecular flexibility index (Phi) is 8.17. The molecule has 0 aliphatic carbocycles. The second-order valence-electron chi connectivity index (χ2n) is 5.03. The van der Waals surface area contributed by atoms with Crippen LogP contribution in [0.3, 0.4) is 0 Å². The maximum absolute atomic E-state index is 12.4. The highest BCUT2D eigenvalue weighted by molar-refractivity contribution is 5.85. The zero-order valence-corrected chi connectivity index (χ0v) is 13.0. The Morgan fingerprint density at radius 2 is 1.65 bits per heavy atom. The first kappa shape index (κ1) is 18.7. The first-order valence-electron chi connectivity index (χ1n) is 6.53. The van der Waals surface area contributed by atoms with Crippen molar-refractivity contribution in [2.24, 2.45) is 0 Å². The second kappa shape index (κ2) is 8.76. The van der Waals surface area contributed by atoms with Gasteiger partial charge < -0.3 is 24.4 Å². The number of carbonyl (C=O) groups excluding carboxylic acids is 1. The molecule has 0 spiro atoms. The molecule has 0 aromatic rings. The van der Waals surface area contributed by atoms with Crippen LogP contribution in [0, 0.1) is 0 Å². The number of urea groups is 1. The molecule has 0 saturated carbocycles. The smallest absolute Gasteiger partial charge is 0.329 e. The number of rotatable bonds is 9. The van der Waals surface area contributed by atoms with E-state index < -0.39 is 11.5 Å². The lowest BCUT2D eigenvalue weighted by Gasteiger charge is -2.36. The number of amides is 2. The molecular weight excluding hydrogens is 264 g/mol. The van der Waals surface area contributed by atoms with Crippen molar-refractivity contribution >= 4 is 12.0 Å². The molecule has 7 heteroatoms. The van der Waals surface area contributed by atoms with Gasteiger partial charge in [0.25, 0.3) is 0 Å². The molecular formula is C13H26N2O5. The van der Waals surface area contributed by atoms with E-state index in [0.29, 0.717) is 32.7 Å². The minimum absolute atomic E-state index is 0.328. The quantitative estimate of drug-likeness (QED) is 0.638. The zero-order chi connectivity index (χ0) is 15.8. The molecule has 0 fully saturated rings. The third-order valence-corrected chi connectivity index (χ3v) is 3.26. The largest absolute Gasteiger partial charge is 0.480 e. The molecule has 1 N–H and O–H groups in total. The van der Waals surface area contributed by atoms with Crippen molar-refractivity contribution in [3.8, 4) is 0 Å². The van der Waals surface area contributed by atoms with Crippen LogP contribution in [0.15, 0.2) is 0 Å². The molecule has 2 amide bonds. The van der Waals surface area contributed by atoms with Crippen LogP contribution in [0.4, 0.5) is 4.79 Å². The molecule has 0 atom stereocenters. The van der Waals surface area contributed by atoms with Gasteiger partial charge in [-0.2, -0.15) is 0 Å². The van der Waals surface area contributed by atoms with Crippen LogP contribution < -0.4 is 0 Å². The molecule has 20 heavy (non-hydrogen) atoms. The van der Waals surface area contributed by atoms with Gasteiger partial charge in [-0.15, -0.1) is 0 Å². The average molecular weight is 290 g/mol. The summed E-state index contributed by atoms with van der Waals surface area (Å²) >= 11 is 0. The van der Waals surface area contributed by atoms with E-state index in [1.54, 1.807) is 19.1 Å². The van der Waals surface area contributed by atoms with E-state index in [9.17, 15) is 14.7 Å². The van der Waals surface area contributed by atoms with Crippen LogP contribution in [0.1, 0.15) is 20.3 Å². The third-order valence-electron chi connectivity index (χ3n) is 3.26. The van der Waals surface area contributed by atoms with Crippen molar-refractivity contribution in [1.29, 1.82) is 0 Å². The SMILES string of the molecule is COCCCN(CCOC)C(=O)N(C)C(C)(C)C(=O)O. The van der Waals surface area contributed by atoms with Gasteiger partial charge in [0.1, 0.15) is 5.54 Å². The van der Waals surface area contributed by atoms with Gasteiger partial charge in [-0.05, 0) is 20.3 Å². The van der Waals surface area contributed by atoms with Crippen molar-refractivity contribution in [3.63, 3.8) is 0 Å². The topological polar surface area (TPSA) is 79.3 Å². The second-order valence-corrected chi connectivity index (χ2v) is 5.03. The molecule has 0 aromatic heterocycles. The van der Waals surface area contributed by atoms with E-state index in [1.165, 1.54) is 25.8 Å². The number of hydrogen-bond acceptors (Lipinski definition) is 4. The number of ether oxygens (including phenoxy) is 2. The average Bonchev–Trinajstić information content (AvgIpc) is 2.40. The van der Waals surface area contributed by atoms with Crippen LogP contribution in [-0.4, -0.2) is 80.0 Å². The molecule has 0 bridgehead atoms. The van der Waals surface area contributed by atoms with E-state index >= 15 is 0 Å². The summed E-state index contributed by atoms with van der Waals surface area (Å²) in [5.41, 5.74) is -1.26. The van der Waals surface area contributed by atoms with Crippen LogP contribution in [0.25, 0.3) is 0 Å². The van der Waals surface area contributed by atoms with Gasteiger partial charge in [0.15, 0.2) is 0 Å². The molecule has 0 unspecified atom stereocenters. The molecule has 0 rings (SSSR count). The number of carboxylic acids is 1. The van der Waals surface area contributed by atoms with E-state index in [1.807, 2.05) is 0 Å². The highest BCUT2D eigenvalue weighted by Crippen LogP contribution is 2.15. The summed E-state index contributed by atoms with van der Waals surface area (Å²) in [6.07, 6.45) is 0.688. The monoisotopic (exact) mass is 290 g/mol. The number of aliphatic carboxylic acids is 1. The minimum atomic E-state index is -1.26. The molecule has 7 nitrogen and oxygen atoms in total. The van der Waals surface area contributed by atoms with Gasteiger partial charge in [-0.1, -0.05) is 0 Å². The number of methoxy groups -OCH3 is 2. The standard InChI is InChI=1S/C13H26N2O5/c1-13(2,11(16)17)14(3)12(18)15(8-10-20-5)7-6-9-19-4/h6-10H2,1-5H3,(H,16,17). The van der Waals surface area contributed by atoms with E-state index in [0.717, 1.165) is 0 Å². The highest BCUT2D eigenvalue weighted by atomic mass is 16.5. The number of hydrogen-bond donors (Lipinski definition) is 1. The lowest BCUT2D eigenvalue weighted by Crippen LogP contribution is -2.55. The molecule has 118 valence electrons. The first-order valence-corrected chi connectivity index (χ1v) is 6.53. The Morgan fingerprint density at radius 3 is 2.10 bits per heavy atom. The van der Waals surface area contributed by atoms with Gasteiger partial charge in [0, 0.05) is 41.0 Å². The Morgan fingerprint density at radius 1 is 1.10 bits per heavy atom. The molecule has 0 heterocycles. The van der Waals surface area contributed by atoms with Gasteiger partial charge in [-0.3, -0.25) is 0 Å². The Balaban J connectivity index is 4.78. The van der Waals surface area contributed by atoms with E-state index in [-0.39, 0.29) is 6.03 Å². The number of carbonyl (C=O) groups is 2. The number of carboxylic acid groups (broad SMARTS) is 1. The fraction of sp³-hybridized carbons (Fsp3) is 0.846.